The molecule has 1 aliphatic rings. The molecular weight excluding hydrogens is 162 g/mol. The van der Waals surface area contributed by atoms with E-state index in [4.69, 9.17) is 5.21 Å². The average molecular weight is 171 g/mol. The molecule has 0 aromatic rings. The van der Waals surface area contributed by atoms with Gasteiger partial charge in [0, 0.05) is 0 Å². The maximum Gasteiger partial charge on any atom is 0.415 e. The van der Waals surface area contributed by atoms with E-state index in [9.17, 15) is 4.79 Å². The van der Waals surface area contributed by atoms with Gasteiger partial charge in [-0.3, -0.25) is 4.90 Å². The zero-order valence-electron chi connectivity index (χ0n) is 6.81. The Morgan fingerprint density at radius 2 is 2.50 bits per heavy atom. The number of amides is 1. The number of carbonyl (C=O) groups excluding carboxylic acids is 1. The third-order valence-corrected chi connectivity index (χ3v) is 1.49. The summed E-state index contributed by atoms with van der Waals surface area (Å²) in [6.45, 7) is 1.80. The summed E-state index contributed by atoms with van der Waals surface area (Å²) >= 11 is 0. The third-order valence-electron chi connectivity index (χ3n) is 1.49. The molecule has 0 atom stereocenters. The topological polar surface area (TPSA) is 74.5 Å². The molecule has 0 fully saturated rings. The maximum absolute atomic E-state index is 11.0. The van der Waals surface area contributed by atoms with Crippen molar-refractivity contribution in [2.24, 2.45) is 10.1 Å². The number of nitrogens with zero attached hydrogens (tertiary/aromatic N) is 3. The van der Waals surface area contributed by atoms with Crippen molar-refractivity contribution >= 4 is 17.8 Å². The van der Waals surface area contributed by atoms with Crippen LogP contribution in [0.2, 0.25) is 0 Å². The van der Waals surface area contributed by atoms with Crippen molar-refractivity contribution in [1.82, 2.24) is 4.90 Å². The predicted octanol–water partition coefficient (Wildman–Crippen LogP) is 0.274. The molecule has 0 unspecified atom stereocenters. The predicted molar refractivity (Wildman–Crippen MR) is 41.4 cm³/mol. The zero-order valence-corrected chi connectivity index (χ0v) is 6.81. The maximum atomic E-state index is 11.0. The first-order valence-corrected chi connectivity index (χ1v) is 3.30. The summed E-state index contributed by atoms with van der Waals surface area (Å²) in [5.74, 6) is 0.674. The van der Waals surface area contributed by atoms with Crippen LogP contribution in [0.25, 0.3) is 0 Å². The van der Waals surface area contributed by atoms with Gasteiger partial charge in [-0.15, -0.1) is 0 Å². The largest absolute Gasteiger partial charge is 0.452 e. The van der Waals surface area contributed by atoms with Crippen molar-refractivity contribution in [3.05, 3.63) is 0 Å². The lowest BCUT2D eigenvalue weighted by Gasteiger charge is -2.12. The van der Waals surface area contributed by atoms with Crippen LogP contribution in [-0.4, -0.2) is 41.5 Å². The molecule has 12 heavy (non-hydrogen) atoms. The highest BCUT2D eigenvalue weighted by atomic mass is 16.5. The molecule has 0 radical (unpaired) electrons. The number of ether oxygens (including phenoxy) is 1. The van der Waals surface area contributed by atoms with Crippen LogP contribution >= 0.6 is 0 Å². The van der Waals surface area contributed by atoms with E-state index in [0.29, 0.717) is 5.84 Å². The second kappa shape index (κ2) is 3.21. The summed E-state index contributed by atoms with van der Waals surface area (Å²) < 4.78 is 4.47. The number of hydrogen-bond acceptors (Lipinski definition) is 4. The van der Waals surface area contributed by atoms with Gasteiger partial charge < -0.3 is 9.94 Å². The summed E-state index contributed by atoms with van der Waals surface area (Å²) in [6, 6.07) is 0. The zero-order chi connectivity index (χ0) is 9.14. The molecule has 1 heterocycles. The first-order chi connectivity index (χ1) is 5.69. The van der Waals surface area contributed by atoms with Crippen LogP contribution in [-0.2, 0) is 4.74 Å². The Hall–Kier alpha value is -1.59. The first kappa shape index (κ1) is 8.51. The van der Waals surface area contributed by atoms with Crippen LogP contribution < -0.4 is 0 Å². The molecule has 66 valence electrons. The van der Waals surface area contributed by atoms with Crippen LogP contribution in [0.1, 0.15) is 6.92 Å². The van der Waals surface area contributed by atoms with E-state index >= 15 is 0 Å². The number of aliphatic imine (C=N–C) groups is 1. The van der Waals surface area contributed by atoms with Crippen LogP contribution in [0.5, 0.6) is 0 Å². The molecule has 6 nitrogen and oxygen atoms in total. The fourth-order valence-corrected chi connectivity index (χ4v) is 0.899. The van der Waals surface area contributed by atoms with Gasteiger partial charge in [-0.25, -0.2) is 9.79 Å². The summed E-state index contributed by atoms with van der Waals surface area (Å²) in [5, 5.41) is 11.2. The van der Waals surface area contributed by atoms with E-state index in [0.717, 1.165) is 0 Å². The van der Waals surface area contributed by atoms with Crippen LogP contribution in [0.15, 0.2) is 10.1 Å². The molecule has 0 bridgehead atoms. The fraction of sp³-hybridized carbons (Fsp3) is 0.500. The van der Waals surface area contributed by atoms with E-state index in [1.54, 1.807) is 6.92 Å². The Kier molecular flexibility index (Phi) is 2.27. The molecule has 1 aliphatic heterocycles. The van der Waals surface area contributed by atoms with Crippen molar-refractivity contribution < 1.29 is 14.7 Å². The van der Waals surface area contributed by atoms with E-state index < -0.39 is 6.09 Å². The minimum Gasteiger partial charge on any atom is -0.452 e. The van der Waals surface area contributed by atoms with Gasteiger partial charge in [0.1, 0.15) is 5.84 Å². The van der Waals surface area contributed by atoms with Crippen molar-refractivity contribution in [2.75, 3.05) is 13.7 Å². The molecule has 0 aliphatic carbocycles. The lowest BCUT2D eigenvalue weighted by molar-refractivity contribution is 0.150. The second-order valence-corrected chi connectivity index (χ2v) is 2.23. The summed E-state index contributed by atoms with van der Waals surface area (Å²) in [7, 11) is 1.28. The number of carbonyl (C=O) groups is 1. The molecular formula is C6H9N3O3. The Balaban J connectivity index is 2.75. The number of oxime groups is 1. The van der Waals surface area contributed by atoms with Gasteiger partial charge in [-0.1, -0.05) is 5.16 Å². The SMILES string of the molecule is COC(=O)N1C/C(=N\O)N=C1C. The summed E-state index contributed by atoms with van der Waals surface area (Å²) in [6.07, 6.45) is -0.505. The first-order valence-electron chi connectivity index (χ1n) is 3.30. The molecule has 0 saturated heterocycles. The molecule has 0 aromatic carbocycles. The van der Waals surface area contributed by atoms with E-state index in [-0.39, 0.29) is 12.4 Å². The second-order valence-electron chi connectivity index (χ2n) is 2.23. The van der Waals surface area contributed by atoms with Gasteiger partial charge >= 0.3 is 6.09 Å². The highest BCUT2D eigenvalue weighted by molar-refractivity contribution is 6.09. The van der Waals surface area contributed by atoms with Crippen LogP contribution in [0, 0.1) is 0 Å². The lowest BCUT2D eigenvalue weighted by atomic mass is 10.5. The smallest absolute Gasteiger partial charge is 0.415 e. The van der Waals surface area contributed by atoms with Gasteiger partial charge in [0.15, 0.2) is 5.84 Å². The minimum atomic E-state index is -0.505. The Bertz CT molecular complexity index is 259. The van der Waals surface area contributed by atoms with Crippen molar-refractivity contribution in [3.63, 3.8) is 0 Å². The lowest BCUT2D eigenvalue weighted by Crippen LogP contribution is -2.33. The summed E-state index contributed by atoms with van der Waals surface area (Å²) in [4.78, 5) is 16.0. The Morgan fingerprint density at radius 1 is 1.83 bits per heavy atom. The minimum absolute atomic E-state index is 0.162. The average Bonchev–Trinajstić information content (AvgIpc) is 2.45. The quantitative estimate of drug-likeness (QED) is 0.420. The number of rotatable bonds is 0. The Morgan fingerprint density at radius 3 is 2.92 bits per heavy atom. The van der Waals surface area contributed by atoms with E-state index in [1.165, 1.54) is 12.0 Å². The van der Waals surface area contributed by atoms with Gasteiger partial charge in [0.2, 0.25) is 0 Å². The van der Waals surface area contributed by atoms with Crippen LogP contribution in [0.3, 0.4) is 0 Å². The standard InChI is InChI=1S/C6H9N3O3/c1-4-7-5(8-11)3-9(4)6(10)12-2/h11H,3H2,1-2H3/b8-5+. The Labute approximate surface area is 69.1 Å². The van der Waals surface area contributed by atoms with Crippen LogP contribution in [0.4, 0.5) is 4.79 Å². The molecule has 1 N–H and O–H groups in total. The van der Waals surface area contributed by atoms with Gasteiger partial charge in [0.25, 0.3) is 0 Å². The number of amidine groups is 2. The van der Waals surface area contributed by atoms with E-state index in [1.807, 2.05) is 0 Å². The monoisotopic (exact) mass is 171 g/mol. The van der Waals surface area contributed by atoms with E-state index in [2.05, 4.69) is 14.9 Å². The highest BCUT2D eigenvalue weighted by Gasteiger charge is 2.25. The third kappa shape index (κ3) is 1.36. The molecule has 1 amide bonds. The highest BCUT2D eigenvalue weighted by Crippen LogP contribution is 2.05. The van der Waals surface area contributed by atoms with Gasteiger partial charge in [-0.2, -0.15) is 0 Å². The molecule has 0 saturated carbocycles. The van der Waals surface area contributed by atoms with Crippen molar-refractivity contribution in [3.8, 4) is 0 Å². The molecule has 1 rings (SSSR count). The van der Waals surface area contributed by atoms with Gasteiger partial charge in [0.05, 0.1) is 13.7 Å². The fourth-order valence-electron chi connectivity index (χ4n) is 0.899. The number of methoxy groups -OCH3 is 1. The number of hydrogen-bond donors (Lipinski definition) is 1. The van der Waals surface area contributed by atoms with Crippen molar-refractivity contribution in [1.29, 1.82) is 0 Å². The van der Waals surface area contributed by atoms with Crippen molar-refractivity contribution in [2.45, 2.75) is 6.92 Å². The van der Waals surface area contributed by atoms with Gasteiger partial charge in [-0.05, 0) is 6.92 Å². The normalized spacial score (nSPS) is 19.7. The molecule has 0 aromatic heterocycles. The summed E-state index contributed by atoms with van der Waals surface area (Å²) in [5.41, 5.74) is 0. The molecule has 0 spiro atoms. The molecule has 6 heteroatoms.